The van der Waals surface area contributed by atoms with Gasteiger partial charge in [0.25, 0.3) is 0 Å². The molecule has 6 aliphatic carbocycles. The van der Waals surface area contributed by atoms with Crippen molar-refractivity contribution in [2.75, 3.05) is 20.7 Å². The largest absolute Gasteiger partial charge is 0.485 e. The quantitative estimate of drug-likeness (QED) is 0.598. The first-order valence-electron chi connectivity index (χ1n) is 13.4. The predicted molar refractivity (Wildman–Crippen MR) is 135 cm³/mol. The molecule has 0 amide bonds. The number of carbonyl (C=O) groups is 1. The fourth-order valence-electron chi connectivity index (χ4n) is 10.3. The number of benzene rings is 2. The standard InChI is InChI=1S/C31H33NO4/c1-17-21-12-20-10-11-24(35-16-19-8-6-5-7-9-19)27-26(20)29(23(21)15-32-3)28(17)13-22(18(2)33)30(34-4)25(14-28)31(29,30)36-27/h5-11,14,17,21-23,32H,12-13,15-16H2,1-4H3/t17-,21?,22+,23?,28+,29-,30+,31+/m1/s1. The van der Waals surface area contributed by atoms with Crippen LogP contribution in [0.15, 0.2) is 54.1 Å². The van der Waals surface area contributed by atoms with Crippen LogP contribution in [0.2, 0.25) is 0 Å². The summed E-state index contributed by atoms with van der Waals surface area (Å²) < 4.78 is 20.1. The average Bonchev–Trinajstić information content (AvgIpc) is 3.11. The topological polar surface area (TPSA) is 56.8 Å². The molecule has 2 unspecified atom stereocenters. The van der Waals surface area contributed by atoms with E-state index in [9.17, 15) is 4.79 Å². The smallest absolute Gasteiger partial charge is 0.177 e. The molecule has 1 heterocycles. The Labute approximate surface area is 212 Å². The number of ketones is 1. The molecule has 2 aromatic carbocycles. The first-order valence-corrected chi connectivity index (χ1v) is 13.4. The lowest BCUT2D eigenvalue weighted by atomic mass is 9.47. The molecule has 0 aromatic heterocycles. The van der Waals surface area contributed by atoms with Crippen LogP contribution < -0.4 is 14.8 Å². The molecule has 0 radical (unpaired) electrons. The Morgan fingerprint density at radius 3 is 2.72 bits per heavy atom. The number of nitrogens with one attached hydrogen (secondary N) is 1. The van der Waals surface area contributed by atoms with Crippen molar-refractivity contribution in [1.82, 2.24) is 5.32 Å². The average molecular weight is 484 g/mol. The predicted octanol–water partition coefficient (Wildman–Crippen LogP) is 4.23. The van der Waals surface area contributed by atoms with Crippen LogP contribution >= 0.6 is 0 Å². The summed E-state index contributed by atoms with van der Waals surface area (Å²) in [6.45, 7) is 5.60. The molecule has 3 spiro atoms. The molecule has 1 N–H and O–H groups in total. The molecule has 0 saturated heterocycles. The summed E-state index contributed by atoms with van der Waals surface area (Å²) in [6.07, 6.45) is 4.42. The minimum atomic E-state index is -0.675. The third-order valence-corrected chi connectivity index (χ3v) is 11.3. The van der Waals surface area contributed by atoms with Crippen LogP contribution in [0.5, 0.6) is 11.5 Å². The number of methoxy groups -OCH3 is 1. The SMILES string of the molecule is CNCC1C2Cc3ccc(OCc4ccccc4)c4c3[C@]13[C@@]1(O4)C4=C[C@@]3(C[C@@H](C(C)=O)[C@]41OC)[C@@H]2C. The van der Waals surface area contributed by atoms with E-state index in [0.717, 1.165) is 36.4 Å². The summed E-state index contributed by atoms with van der Waals surface area (Å²) in [7, 11) is 3.84. The lowest BCUT2D eigenvalue weighted by Gasteiger charge is -2.55. The number of fused-ring (bicyclic) bond motifs is 2. The fourth-order valence-corrected chi connectivity index (χ4v) is 10.3. The molecule has 3 fully saturated rings. The van der Waals surface area contributed by atoms with Gasteiger partial charge in [0, 0.05) is 23.7 Å². The first kappa shape index (κ1) is 21.5. The zero-order chi connectivity index (χ0) is 24.7. The normalized spacial score (nSPS) is 43.1. The maximum absolute atomic E-state index is 13.1. The molecule has 5 heteroatoms. The van der Waals surface area contributed by atoms with Gasteiger partial charge in [0.15, 0.2) is 17.1 Å². The molecule has 1 aliphatic heterocycles. The van der Waals surface area contributed by atoms with Crippen molar-refractivity contribution in [2.45, 2.75) is 49.9 Å². The Morgan fingerprint density at radius 2 is 2.00 bits per heavy atom. The highest BCUT2D eigenvalue weighted by Crippen LogP contribution is 2.93. The number of allylic oxidation sites excluding steroid dienone is 1. The van der Waals surface area contributed by atoms with Crippen LogP contribution in [-0.2, 0) is 28.0 Å². The Kier molecular flexibility index (Phi) is 3.83. The van der Waals surface area contributed by atoms with E-state index in [1.165, 1.54) is 16.7 Å². The summed E-state index contributed by atoms with van der Waals surface area (Å²) in [6, 6.07) is 14.7. The van der Waals surface area contributed by atoms with Gasteiger partial charge in [-0.25, -0.2) is 0 Å². The number of ether oxygens (including phenoxy) is 3. The van der Waals surface area contributed by atoms with Crippen molar-refractivity contribution in [3.05, 3.63) is 70.8 Å². The van der Waals surface area contributed by atoms with Crippen LogP contribution in [0, 0.1) is 29.1 Å². The molecule has 3 saturated carbocycles. The molecule has 7 aliphatic rings. The van der Waals surface area contributed by atoms with Gasteiger partial charge < -0.3 is 19.5 Å². The second-order valence-corrected chi connectivity index (χ2v) is 12.0. The molecule has 186 valence electrons. The first-order chi connectivity index (χ1) is 17.4. The van der Waals surface area contributed by atoms with Gasteiger partial charge in [-0.2, -0.15) is 0 Å². The fraction of sp³-hybridized carbons (Fsp3) is 0.516. The van der Waals surface area contributed by atoms with Gasteiger partial charge >= 0.3 is 0 Å². The maximum Gasteiger partial charge on any atom is 0.177 e. The lowest BCUT2D eigenvalue weighted by molar-refractivity contribution is -0.153. The van der Waals surface area contributed by atoms with Gasteiger partial charge in [0.05, 0.1) is 11.3 Å². The van der Waals surface area contributed by atoms with Gasteiger partial charge in [-0.3, -0.25) is 4.79 Å². The third-order valence-electron chi connectivity index (χ3n) is 11.3. The van der Waals surface area contributed by atoms with E-state index >= 15 is 0 Å². The molecule has 8 atom stereocenters. The highest BCUT2D eigenvalue weighted by molar-refractivity contribution is 5.90. The lowest BCUT2D eigenvalue weighted by Crippen LogP contribution is -2.66. The van der Waals surface area contributed by atoms with Gasteiger partial charge in [0.1, 0.15) is 18.0 Å². The van der Waals surface area contributed by atoms with Gasteiger partial charge in [-0.1, -0.05) is 49.4 Å². The minimum Gasteiger partial charge on any atom is -0.485 e. The van der Waals surface area contributed by atoms with E-state index < -0.39 is 11.2 Å². The zero-order valence-electron chi connectivity index (χ0n) is 21.4. The van der Waals surface area contributed by atoms with Crippen LogP contribution in [0.3, 0.4) is 0 Å². The molecule has 9 rings (SSSR count). The van der Waals surface area contributed by atoms with E-state index in [1.54, 1.807) is 14.0 Å². The van der Waals surface area contributed by atoms with Gasteiger partial charge in [-0.05, 0) is 68.3 Å². The summed E-state index contributed by atoms with van der Waals surface area (Å²) in [5.41, 5.74) is 3.48. The van der Waals surface area contributed by atoms with Crippen molar-refractivity contribution in [2.24, 2.45) is 29.1 Å². The van der Waals surface area contributed by atoms with E-state index in [4.69, 9.17) is 14.2 Å². The molecule has 2 aromatic rings. The van der Waals surface area contributed by atoms with E-state index in [-0.39, 0.29) is 22.5 Å². The molecule has 5 nitrogen and oxygen atoms in total. The number of hydrogen-bond donors (Lipinski definition) is 1. The number of hydrogen-bond acceptors (Lipinski definition) is 5. The molecular formula is C31H33NO4. The maximum atomic E-state index is 13.1. The van der Waals surface area contributed by atoms with E-state index in [2.05, 4.69) is 49.6 Å². The van der Waals surface area contributed by atoms with Crippen LogP contribution in [0.1, 0.15) is 37.0 Å². The minimum absolute atomic E-state index is 0.0975. The van der Waals surface area contributed by atoms with Crippen LogP contribution in [-0.4, -0.2) is 37.7 Å². The Morgan fingerprint density at radius 1 is 1.19 bits per heavy atom. The van der Waals surface area contributed by atoms with E-state index in [0.29, 0.717) is 24.4 Å². The number of Topliss-reactive ketones (excluding diaryl/α,β-unsaturated/α-hetero) is 1. The van der Waals surface area contributed by atoms with Gasteiger partial charge in [-0.15, -0.1) is 0 Å². The molecular weight excluding hydrogens is 450 g/mol. The summed E-state index contributed by atoms with van der Waals surface area (Å²) in [5, 5.41) is 3.54. The summed E-state index contributed by atoms with van der Waals surface area (Å²) in [5.74, 6) is 3.16. The van der Waals surface area contributed by atoms with Crippen molar-refractivity contribution in [3.8, 4) is 11.5 Å². The second-order valence-electron chi connectivity index (χ2n) is 12.0. The third kappa shape index (κ3) is 1.84. The summed E-state index contributed by atoms with van der Waals surface area (Å²) in [4.78, 5) is 13.1. The van der Waals surface area contributed by atoms with Gasteiger partial charge in [0.2, 0.25) is 0 Å². The zero-order valence-corrected chi connectivity index (χ0v) is 21.4. The Hall–Kier alpha value is -2.63. The number of rotatable bonds is 7. The Balaban J connectivity index is 1.37. The van der Waals surface area contributed by atoms with Crippen molar-refractivity contribution < 1.29 is 19.0 Å². The highest BCUT2D eigenvalue weighted by Gasteiger charge is 3.01. The molecule has 6 bridgehead atoms. The molecule has 36 heavy (non-hydrogen) atoms. The van der Waals surface area contributed by atoms with Crippen LogP contribution in [0.4, 0.5) is 0 Å². The van der Waals surface area contributed by atoms with Crippen molar-refractivity contribution in [1.29, 1.82) is 0 Å². The Bertz CT molecular complexity index is 1370. The van der Waals surface area contributed by atoms with E-state index in [1.807, 2.05) is 18.2 Å². The van der Waals surface area contributed by atoms with Crippen molar-refractivity contribution >= 4 is 5.78 Å². The highest BCUT2D eigenvalue weighted by atomic mass is 16.6. The second kappa shape index (κ2) is 6.43. The number of carbonyl (C=O) groups excluding carboxylic acids is 1. The van der Waals surface area contributed by atoms with Crippen LogP contribution in [0.25, 0.3) is 0 Å². The monoisotopic (exact) mass is 483 g/mol. The van der Waals surface area contributed by atoms with Crippen molar-refractivity contribution in [3.63, 3.8) is 0 Å². The summed E-state index contributed by atoms with van der Waals surface area (Å²) >= 11 is 0.